The number of halogens is 4. The average molecular weight is 546 g/mol. The second kappa shape index (κ2) is 12.1. The largest absolute Gasteiger partial charge is 0.494 e. The van der Waals surface area contributed by atoms with E-state index in [0.29, 0.717) is 0 Å². The predicted molar refractivity (Wildman–Crippen MR) is 143 cm³/mol. The van der Waals surface area contributed by atoms with Gasteiger partial charge >= 0.3 is 5.69 Å². The lowest BCUT2D eigenvalue weighted by Gasteiger charge is -2.22. The highest BCUT2D eigenvalue weighted by atomic mass is 35.5. The number of aromatic nitrogens is 2. The highest BCUT2D eigenvalue weighted by molar-refractivity contribution is 5.85. The fourth-order valence-electron chi connectivity index (χ4n) is 4.39. The maximum atomic E-state index is 15.3. The quantitative estimate of drug-likeness (QED) is 0.344. The van der Waals surface area contributed by atoms with Crippen LogP contribution < -0.4 is 21.3 Å². The summed E-state index contributed by atoms with van der Waals surface area (Å²) in [5, 5.41) is 3.09. The molecule has 0 fully saturated rings. The third kappa shape index (κ3) is 5.39. The van der Waals surface area contributed by atoms with Crippen molar-refractivity contribution in [3.05, 3.63) is 122 Å². The second-order valence-corrected chi connectivity index (χ2v) is 8.52. The van der Waals surface area contributed by atoms with Crippen LogP contribution in [0.3, 0.4) is 0 Å². The van der Waals surface area contributed by atoms with Crippen molar-refractivity contribution < 1.29 is 17.9 Å². The summed E-state index contributed by atoms with van der Waals surface area (Å²) in [7, 11) is 2.99. The molecule has 0 aliphatic heterocycles. The van der Waals surface area contributed by atoms with E-state index in [1.165, 1.54) is 38.3 Å². The highest BCUT2D eigenvalue weighted by Crippen LogP contribution is 2.29. The molecule has 1 atom stereocenters. The Morgan fingerprint density at radius 3 is 2.13 bits per heavy atom. The Balaban J connectivity index is 0.00000400. The summed E-state index contributed by atoms with van der Waals surface area (Å²) in [5.41, 5.74) is -1.14. The zero-order valence-corrected chi connectivity index (χ0v) is 21.8. The van der Waals surface area contributed by atoms with Crippen LogP contribution in [-0.4, -0.2) is 23.3 Å². The van der Waals surface area contributed by atoms with Crippen molar-refractivity contribution in [1.29, 1.82) is 0 Å². The Hall–Kier alpha value is -3.82. The third-order valence-electron chi connectivity index (χ3n) is 6.43. The van der Waals surface area contributed by atoms with Gasteiger partial charge < -0.3 is 10.1 Å². The minimum Gasteiger partial charge on any atom is -0.494 e. The van der Waals surface area contributed by atoms with Crippen LogP contribution in [0.4, 0.5) is 13.2 Å². The molecule has 0 saturated heterocycles. The second-order valence-electron chi connectivity index (χ2n) is 8.52. The summed E-state index contributed by atoms with van der Waals surface area (Å²) in [5.74, 6) is -2.54. The van der Waals surface area contributed by atoms with Crippen LogP contribution in [-0.2, 0) is 13.1 Å². The lowest BCUT2D eigenvalue weighted by molar-refractivity contribution is 0.387. The predicted octanol–water partition coefficient (Wildman–Crippen LogP) is 4.84. The molecule has 200 valence electrons. The zero-order valence-electron chi connectivity index (χ0n) is 21.0. The van der Waals surface area contributed by atoms with E-state index in [9.17, 15) is 18.4 Å². The number of hydrogen-bond acceptors (Lipinski definition) is 4. The van der Waals surface area contributed by atoms with E-state index in [1.807, 2.05) is 30.3 Å². The van der Waals surface area contributed by atoms with Gasteiger partial charge in [-0.15, -0.1) is 12.4 Å². The Morgan fingerprint density at radius 2 is 1.53 bits per heavy atom. The van der Waals surface area contributed by atoms with E-state index in [2.05, 4.69) is 5.32 Å². The van der Waals surface area contributed by atoms with Crippen molar-refractivity contribution in [2.45, 2.75) is 26.1 Å². The Kier molecular flexibility index (Phi) is 9.19. The smallest absolute Gasteiger partial charge is 0.331 e. The van der Waals surface area contributed by atoms with E-state index >= 15 is 4.39 Å². The van der Waals surface area contributed by atoms with Gasteiger partial charge in [0.05, 0.1) is 31.8 Å². The van der Waals surface area contributed by atoms with Crippen molar-refractivity contribution in [1.82, 2.24) is 14.5 Å². The van der Waals surface area contributed by atoms with Crippen LogP contribution in [0.2, 0.25) is 0 Å². The summed E-state index contributed by atoms with van der Waals surface area (Å²) in [6, 6.07) is 16.5. The molecule has 1 aromatic heterocycles. The summed E-state index contributed by atoms with van der Waals surface area (Å²) in [6.07, 6.45) is 0. The van der Waals surface area contributed by atoms with E-state index in [-0.39, 0.29) is 47.1 Å². The average Bonchev–Trinajstić information content (AvgIpc) is 2.89. The van der Waals surface area contributed by atoms with Gasteiger partial charge in [-0.2, -0.15) is 0 Å². The van der Waals surface area contributed by atoms with Gasteiger partial charge in [-0.3, -0.25) is 13.9 Å². The number of hydrogen-bond donors (Lipinski definition) is 1. The van der Waals surface area contributed by atoms with E-state index in [0.717, 1.165) is 26.8 Å². The molecule has 4 aromatic rings. The minimum atomic E-state index is -0.837. The number of ether oxygens (including phenoxy) is 1. The lowest BCUT2D eigenvalue weighted by atomic mass is 10.0. The van der Waals surface area contributed by atoms with Crippen LogP contribution in [0.1, 0.15) is 22.9 Å². The van der Waals surface area contributed by atoms with Crippen LogP contribution in [0, 0.1) is 24.4 Å². The molecule has 6 nitrogen and oxygen atoms in total. The summed E-state index contributed by atoms with van der Waals surface area (Å²) >= 11 is 0. The van der Waals surface area contributed by atoms with Gasteiger partial charge in [0, 0.05) is 16.8 Å². The van der Waals surface area contributed by atoms with Crippen molar-refractivity contribution in [2.75, 3.05) is 14.2 Å². The molecule has 0 bridgehead atoms. The van der Waals surface area contributed by atoms with Gasteiger partial charge in [0.25, 0.3) is 5.56 Å². The molecular weight excluding hydrogens is 519 g/mol. The van der Waals surface area contributed by atoms with Crippen molar-refractivity contribution in [3.8, 4) is 16.9 Å². The number of methoxy groups -OCH3 is 1. The molecule has 4 rings (SSSR count). The molecule has 38 heavy (non-hydrogen) atoms. The minimum absolute atomic E-state index is 0. The number of likely N-dealkylation sites (N-methyl/N-ethyl adjacent to an activating group) is 1. The maximum absolute atomic E-state index is 15.3. The monoisotopic (exact) mass is 545 g/mol. The van der Waals surface area contributed by atoms with Crippen molar-refractivity contribution >= 4 is 12.4 Å². The summed E-state index contributed by atoms with van der Waals surface area (Å²) < 4.78 is 51.6. The topological polar surface area (TPSA) is 65.3 Å². The SMILES string of the molecule is CN[C@@H](Cn1c(=O)c(-c2cccc(OC)c2F)c(C)n(Cc2c(F)cccc2F)c1=O)c1ccccc1.Cl. The third-order valence-corrected chi connectivity index (χ3v) is 6.43. The summed E-state index contributed by atoms with van der Waals surface area (Å²) in [6.45, 7) is 0.862. The van der Waals surface area contributed by atoms with Gasteiger partial charge in [-0.25, -0.2) is 18.0 Å². The van der Waals surface area contributed by atoms with Crippen LogP contribution in [0.15, 0.2) is 76.3 Å². The van der Waals surface area contributed by atoms with Crippen molar-refractivity contribution in [3.63, 3.8) is 0 Å². The molecule has 10 heteroatoms. The van der Waals surface area contributed by atoms with E-state index < -0.39 is 41.3 Å². The molecule has 0 saturated carbocycles. The molecule has 0 aliphatic rings. The number of nitrogens with one attached hydrogen (secondary N) is 1. The number of rotatable bonds is 8. The van der Waals surface area contributed by atoms with Gasteiger partial charge in [-0.05, 0) is 37.7 Å². The van der Waals surface area contributed by atoms with Gasteiger partial charge in [0.15, 0.2) is 11.6 Å². The fraction of sp³-hybridized carbons (Fsp3) is 0.214. The van der Waals surface area contributed by atoms with Gasteiger partial charge in [-0.1, -0.05) is 48.5 Å². The Bertz CT molecular complexity index is 1530. The van der Waals surface area contributed by atoms with Gasteiger partial charge in [0.1, 0.15) is 11.6 Å². The molecular formula is C28H27ClF3N3O3. The first-order chi connectivity index (χ1) is 17.8. The molecule has 0 radical (unpaired) electrons. The number of benzene rings is 3. The maximum Gasteiger partial charge on any atom is 0.331 e. The van der Waals surface area contributed by atoms with Crippen molar-refractivity contribution in [2.24, 2.45) is 0 Å². The molecule has 0 spiro atoms. The molecule has 3 aromatic carbocycles. The van der Waals surface area contributed by atoms with E-state index in [4.69, 9.17) is 4.74 Å². The summed E-state index contributed by atoms with van der Waals surface area (Å²) in [4.78, 5) is 27.4. The first-order valence-corrected chi connectivity index (χ1v) is 11.6. The first-order valence-electron chi connectivity index (χ1n) is 11.6. The van der Waals surface area contributed by atoms with Crippen LogP contribution >= 0.6 is 12.4 Å². The Morgan fingerprint density at radius 1 is 0.895 bits per heavy atom. The van der Waals surface area contributed by atoms with E-state index in [1.54, 1.807) is 7.05 Å². The Labute approximate surface area is 223 Å². The normalized spacial score (nSPS) is 11.6. The van der Waals surface area contributed by atoms with Crippen LogP contribution in [0.25, 0.3) is 11.1 Å². The molecule has 0 amide bonds. The molecule has 0 aliphatic carbocycles. The standard InChI is InChI=1S/C28H26F3N3O3.ClH/c1-17-25(19-11-7-14-24(37-3)26(19)31)27(35)34(16-23(32-2)18-9-5-4-6-10-18)28(36)33(17)15-20-21(29)12-8-13-22(20)30;/h4-14,23,32H,15-16H2,1-3H3;1H/t23-;/m0./s1. The fourth-order valence-corrected chi connectivity index (χ4v) is 4.39. The first kappa shape index (κ1) is 28.7. The molecule has 1 heterocycles. The zero-order chi connectivity index (χ0) is 26.7. The lowest BCUT2D eigenvalue weighted by Crippen LogP contribution is -2.44. The highest BCUT2D eigenvalue weighted by Gasteiger charge is 2.24. The molecule has 0 unspecified atom stereocenters. The van der Waals surface area contributed by atoms with Gasteiger partial charge in [0.2, 0.25) is 0 Å². The van der Waals surface area contributed by atoms with Crippen LogP contribution in [0.5, 0.6) is 5.75 Å². The number of nitrogens with zero attached hydrogens (tertiary/aromatic N) is 2. The molecule has 1 N–H and O–H groups in total.